The highest BCUT2D eigenvalue weighted by Gasteiger charge is 2.29. The van der Waals surface area contributed by atoms with Crippen molar-refractivity contribution in [2.45, 2.75) is 31.3 Å². The molecule has 1 N–H and O–H groups in total. The van der Waals surface area contributed by atoms with Gasteiger partial charge >= 0.3 is 0 Å². The summed E-state index contributed by atoms with van der Waals surface area (Å²) < 4.78 is 0. The first-order valence-electron chi connectivity index (χ1n) is 6.07. The lowest BCUT2D eigenvalue weighted by Crippen LogP contribution is -2.39. The van der Waals surface area contributed by atoms with E-state index in [9.17, 15) is 0 Å². The molecule has 1 aromatic carbocycles. The van der Waals surface area contributed by atoms with Gasteiger partial charge in [-0.3, -0.25) is 0 Å². The first-order valence-corrected chi connectivity index (χ1v) is 7.01. The molecule has 0 atom stereocenters. The molecule has 17 heavy (non-hydrogen) atoms. The fraction of sp³-hybridized carbons (Fsp3) is 0.357. The monoisotopic (exact) mass is 244 g/mol. The SMILES string of the molecule is c1ccc(C2CC(NCc3cscn3)C2)cc1. The van der Waals surface area contributed by atoms with Crippen LogP contribution in [0.4, 0.5) is 0 Å². The number of rotatable bonds is 4. The molecule has 1 heterocycles. The van der Waals surface area contributed by atoms with Gasteiger partial charge in [0.15, 0.2) is 0 Å². The van der Waals surface area contributed by atoms with Crippen LogP contribution in [0.5, 0.6) is 0 Å². The van der Waals surface area contributed by atoms with E-state index in [1.165, 1.54) is 18.4 Å². The van der Waals surface area contributed by atoms with Gasteiger partial charge in [0.1, 0.15) is 0 Å². The molecule has 3 rings (SSSR count). The second-order valence-corrected chi connectivity index (χ2v) is 5.36. The number of aromatic nitrogens is 1. The highest BCUT2D eigenvalue weighted by atomic mass is 32.1. The number of benzene rings is 1. The lowest BCUT2D eigenvalue weighted by atomic mass is 9.76. The summed E-state index contributed by atoms with van der Waals surface area (Å²) in [6.07, 6.45) is 2.52. The second-order valence-electron chi connectivity index (χ2n) is 4.64. The average molecular weight is 244 g/mol. The lowest BCUT2D eigenvalue weighted by Gasteiger charge is -2.36. The van der Waals surface area contributed by atoms with E-state index in [-0.39, 0.29) is 0 Å². The third kappa shape index (κ3) is 2.56. The van der Waals surface area contributed by atoms with E-state index in [1.54, 1.807) is 11.3 Å². The summed E-state index contributed by atoms with van der Waals surface area (Å²) in [5.74, 6) is 0.754. The van der Waals surface area contributed by atoms with E-state index in [0.29, 0.717) is 6.04 Å². The molecule has 88 valence electrons. The van der Waals surface area contributed by atoms with Gasteiger partial charge in [-0.05, 0) is 24.3 Å². The average Bonchev–Trinajstić information content (AvgIpc) is 2.81. The molecule has 2 aromatic rings. The molecule has 1 aliphatic carbocycles. The Kier molecular flexibility index (Phi) is 3.20. The Hall–Kier alpha value is -1.19. The van der Waals surface area contributed by atoms with Crippen LogP contribution in [0, 0.1) is 0 Å². The molecule has 1 aliphatic rings. The summed E-state index contributed by atoms with van der Waals surface area (Å²) in [5, 5.41) is 5.68. The van der Waals surface area contributed by atoms with Gasteiger partial charge in [0, 0.05) is 18.0 Å². The van der Waals surface area contributed by atoms with Crippen LogP contribution >= 0.6 is 11.3 Å². The van der Waals surface area contributed by atoms with Crippen molar-refractivity contribution >= 4 is 11.3 Å². The van der Waals surface area contributed by atoms with Gasteiger partial charge in [-0.15, -0.1) is 11.3 Å². The number of thiazole rings is 1. The Labute approximate surface area is 106 Å². The molecule has 2 nitrogen and oxygen atoms in total. The van der Waals surface area contributed by atoms with Crippen molar-refractivity contribution < 1.29 is 0 Å². The predicted octanol–water partition coefficient (Wildman–Crippen LogP) is 3.18. The van der Waals surface area contributed by atoms with E-state index in [4.69, 9.17) is 0 Å². The van der Waals surface area contributed by atoms with Crippen LogP contribution in [0.3, 0.4) is 0 Å². The van der Waals surface area contributed by atoms with E-state index in [2.05, 4.69) is 46.0 Å². The molecule has 0 aliphatic heterocycles. The van der Waals surface area contributed by atoms with Gasteiger partial charge in [-0.1, -0.05) is 30.3 Å². The number of nitrogens with one attached hydrogen (secondary N) is 1. The second kappa shape index (κ2) is 4.98. The standard InChI is InChI=1S/C14H16N2S/c1-2-4-11(5-3-1)12-6-13(7-12)15-8-14-9-17-10-16-14/h1-5,9-10,12-13,15H,6-8H2. The first-order chi connectivity index (χ1) is 8.42. The predicted molar refractivity (Wildman–Crippen MR) is 71.2 cm³/mol. The first kappa shape index (κ1) is 10.9. The van der Waals surface area contributed by atoms with Crippen LogP contribution in [0.15, 0.2) is 41.2 Å². The molecule has 0 spiro atoms. The Bertz CT molecular complexity index is 446. The summed E-state index contributed by atoms with van der Waals surface area (Å²) in [6.45, 7) is 0.912. The zero-order valence-corrected chi connectivity index (χ0v) is 10.5. The molecular formula is C14H16N2S. The zero-order chi connectivity index (χ0) is 11.5. The van der Waals surface area contributed by atoms with Gasteiger partial charge in [0.2, 0.25) is 0 Å². The Morgan fingerprint density at radius 3 is 2.76 bits per heavy atom. The Morgan fingerprint density at radius 1 is 1.24 bits per heavy atom. The normalized spacial score (nSPS) is 23.3. The number of nitrogens with zero attached hydrogens (tertiary/aromatic N) is 1. The lowest BCUT2D eigenvalue weighted by molar-refractivity contribution is 0.289. The quantitative estimate of drug-likeness (QED) is 0.893. The molecule has 1 saturated carbocycles. The molecule has 0 amide bonds. The molecule has 3 heteroatoms. The topological polar surface area (TPSA) is 24.9 Å². The van der Waals surface area contributed by atoms with Gasteiger partial charge in [-0.2, -0.15) is 0 Å². The van der Waals surface area contributed by atoms with Crippen molar-refractivity contribution in [1.82, 2.24) is 10.3 Å². The Balaban J connectivity index is 1.46. The smallest absolute Gasteiger partial charge is 0.0795 e. The maximum atomic E-state index is 4.28. The zero-order valence-electron chi connectivity index (χ0n) is 9.67. The minimum Gasteiger partial charge on any atom is -0.308 e. The van der Waals surface area contributed by atoms with Gasteiger partial charge < -0.3 is 5.32 Å². The molecule has 1 fully saturated rings. The van der Waals surface area contributed by atoms with E-state index >= 15 is 0 Å². The van der Waals surface area contributed by atoms with E-state index < -0.39 is 0 Å². The maximum absolute atomic E-state index is 4.28. The third-order valence-electron chi connectivity index (χ3n) is 3.46. The molecule has 0 unspecified atom stereocenters. The summed E-state index contributed by atoms with van der Waals surface area (Å²) in [6, 6.07) is 11.5. The van der Waals surface area contributed by atoms with E-state index in [1.807, 2.05) is 5.51 Å². The van der Waals surface area contributed by atoms with Crippen molar-refractivity contribution in [2.75, 3.05) is 0 Å². The van der Waals surface area contributed by atoms with Crippen LogP contribution in [0.25, 0.3) is 0 Å². The molecule has 1 aromatic heterocycles. The van der Waals surface area contributed by atoms with Crippen molar-refractivity contribution in [2.24, 2.45) is 0 Å². The van der Waals surface area contributed by atoms with Crippen molar-refractivity contribution in [3.05, 3.63) is 52.5 Å². The fourth-order valence-electron chi connectivity index (χ4n) is 2.36. The fourth-order valence-corrected chi connectivity index (χ4v) is 2.91. The molecule has 0 bridgehead atoms. The number of hydrogen-bond acceptors (Lipinski definition) is 3. The van der Waals surface area contributed by atoms with Gasteiger partial charge in [-0.25, -0.2) is 4.98 Å². The van der Waals surface area contributed by atoms with Crippen molar-refractivity contribution in [3.8, 4) is 0 Å². The van der Waals surface area contributed by atoms with Crippen molar-refractivity contribution in [1.29, 1.82) is 0 Å². The summed E-state index contributed by atoms with van der Waals surface area (Å²) in [4.78, 5) is 4.28. The highest BCUT2D eigenvalue weighted by molar-refractivity contribution is 7.07. The summed E-state index contributed by atoms with van der Waals surface area (Å²) in [5.41, 5.74) is 4.54. The molecular weight excluding hydrogens is 228 g/mol. The summed E-state index contributed by atoms with van der Waals surface area (Å²) in [7, 11) is 0. The van der Waals surface area contributed by atoms with Crippen LogP contribution in [-0.4, -0.2) is 11.0 Å². The number of hydrogen-bond donors (Lipinski definition) is 1. The van der Waals surface area contributed by atoms with Gasteiger partial charge in [0.25, 0.3) is 0 Å². The molecule has 0 saturated heterocycles. The van der Waals surface area contributed by atoms with E-state index in [0.717, 1.165) is 18.2 Å². The highest BCUT2D eigenvalue weighted by Crippen LogP contribution is 2.36. The largest absolute Gasteiger partial charge is 0.308 e. The maximum Gasteiger partial charge on any atom is 0.0795 e. The van der Waals surface area contributed by atoms with Crippen LogP contribution in [0.1, 0.15) is 30.0 Å². The summed E-state index contributed by atoms with van der Waals surface area (Å²) >= 11 is 1.66. The molecule has 0 radical (unpaired) electrons. The van der Waals surface area contributed by atoms with Crippen LogP contribution in [0.2, 0.25) is 0 Å². The van der Waals surface area contributed by atoms with Gasteiger partial charge in [0.05, 0.1) is 11.2 Å². The minimum absolute atomic E-state index is 0.668. The third-order valence-corrected chi connectivity index (χ3v) is 4.10. The van der Waals surface area contributed by atoms with Crippen LogP contribution < -0.4 is 5.32 Å². The Morgan fingerprint density at radius 2 is 2.06 bits per heavy atom. The minimum atomic E-state index is 0.668. The van der Waals surface area contributed by atoms with Crippen LogP contribution in [-0.2, 0) is 6.54 Å². The van der Waals surface area contributed by atoms with Crippen molar-refractivity contribution in [3.63, 3.8) is 0 Å².